The Labute approximate surface area is 239 Å². The molecule has 1 amide bonds. The van der Waals surface area contributed by atoms with Crippen LogP contribution in [0, 0.1) is 5.82 Å². The molecule has 4 atom stereocenters. The predicted molar refractivity (Wildman–Crippen MR) is 102 cm³/mol. The largest absolute Gasteiger partial charge is 1.00 e. The van der Waals surface area contributed by atoms with Crippen LogP contribution in [0.1, 0.15) is 16.6 Å². The van der Waals surface area contributed by atoms with E-state index >= 15 is 0 Å². The number of amides is 1. The van der Waals surface area contributed by atoms with Crippen molar-refractivity contribution in [3.8, 4) is 0 Å². The van der Waals surface area contributed by atoms with E-state index in [1.54, 1.807) is 0 Å². The van der Waals surface area contributed by atoms with Gasteiger partial charge in [-0.15, -0.1) is 0 Å². The van der Waals surface area contributed by atoms with Crippen molar-refractivity contribution in [1.82, 2.24) is 19.5 Å². The number of phosphoric acid groups is 1. The van der Waals surface area contributed by atoms with Crippen molar-refractivity contribution in [3.05, 3.63) is 52.3 Å². The van der Waals surface area contributed by atoms with Gasteiger partial charge in [0.2, 0.25) is 5.95 Å². The van der Waals surface area contributed by atoms with Gasteiger partial charge in [0.15, 0.2) is 17.4 Å². The van der Waals surface area contributed by atoms with Gasteiger partial charge in [0.05, 0.1) is 26.3 Å². The minimum Gasteiger partial charge on any atom is -0.790 e. The first kappa shape index (κ1) is 30.2. The summed E-state index contributed by atoms with van der Waals surface area (Å²) in [5, 5.41) is 22.7. The predicted octanol–water partition coefficient (Wildman–Crippen LogP) is -8.02. The fourth-order valence-electron chi connectivity index (χ4n) is 3.25. The molecule has 1 aliphatic heterocycles. The Hall–Kier alpha value is -1.04. The molecular formula is C17H15FN5Na2O9P. The average molecular weight is 529 g/mol. The van der Waals surface area contributed by atoms with Crippen molar-refractivity contribution >= 4 is 30.8 Å². The molecule has 4 N–H and O–H groups in total. The topological polar surface area (TPSA) is 215 Å². The van der Waals surface area contributed by atoms with Gasteiger partial charge in [0.1, 0.15) is 24.1 Å². The molecule has 176 valence electrons. The van der Waals surface area contributed by atoms with Crippen LogP contribution in [0.5, 0.6) is 0 Å². The molecule has 3 aromatic rings. The third-order valence-corrected chi connectivity index (χ3v) is 5.26. The molecule has 1 aromatic carbocycles. The van der Waals surface area contributed by atoms with Gasteiger partial charge in [-0.05, 0) is 12.1 Å². The van der Waals surface area contributed by atoms with Crippen LogP contribution < -0.4 is 79.8 Å². The Morgan fingerprint density at radius 2 is 1.97 bits per heavy atom. The number of ether oxygens (including phenoxy) is 1. The van der Waals surface area contributed by atoms with Crippen molar-refractivity contribution in [2.45, 2.75) is 24.5 Å². The number of aliphatic hydroxyl groups is 2. The Morgan fingerprint density at radius 1 is 1.29 bits per heavy atom. The number of hydrogen-bond donors (Lipinski definition) is 4. The second-order valence-corrected chi connectivity index (χ2v) is 8.11. The number of aliphatic hydroxyl groups excluding tert-OH is 2. The number of halogens is 1. The number of hydrogen-bond acceptors (Lipinski definition) is 11. The van der Waals surface area contributed by atoms with Gasteiger partial charge >= 0.3 is 59.1 Å². The maximum absolute atomic E-state index is 13.8. The van der Waals surface area contributed by atoms with Gasteiger partial charge in [0.25, 0.3) is 11.5 Å². The summed E-state index contributed by atoms with van der Waals surface area (Å²) in [6.07, 6.45) is -5.04. The molecule has 14 nitrogen and oxygen atoms in total. The number of rotatable bonds is 6. The van der Waals surface area contributed by atoms with Crippen molar-refractivity contribution in [2.75, 3.05) is 11.9 Å². The second-order valence-electron chi connectivity index (χ2n) is 6.96. The van der Waals surface area contributed by atoms with E-state index in [-0.39, 0.29) is 81.8 Å². The fraction of sp³-hybridized carbons (Fsp3) is 0.294. The standard InChI is InChI=1S/C17H17FN5O9P.2Na/c18-8-4-2-1-3-7(8)14(26)21-17-20-13-10(15(27)22-17)19-6-23(13)16-12(25)11(24)9(32-16)5-31-33(28,29)30;;/h1-4,6,9,11-12,16,24-25H,5H2,(H2,28,29,30)(H2,20,21,22,26,27);;/q;2*+1/p-2/t9-,11-,12-,16-;;/m1../s1. The van der Waals surface area contributed by atoms with Crippen LogP contribution in [0.4, 0.5) is 10.3 Å². The Kier molecular flexibility index (Phi) is 10.4. The van der Waals surface area contributed by atoms with Gasteiger partial charge < -0.3 is 33.8 Å². The maximum atomic E-state index is 13.8. The van der Waals surface area contributed by atoms with E-state index in [2.05, 4.69) is 24.8 Å². The number of benzene rings is 1. The number of carbonyl (C=O) groups is 1. The number of imidazole rings is 1. The van der Waals surface area contributed by atoms with Gasteiger partial charge in [-0.3, -0.25) is 24.5 Å². The number of fused-ring (bicyclic) bond motifs is 1. The van der Waals surface area contributed by atoms with Gasteiger partial charge in [0, 0.05) is 0 Å². The van der Waals surface area contributed by atoms with Crippen LogP contribution in [0.3, 0.4) is 0 Å². The van der Waals surface area contributed by atoms with Crippen molar-refractivity contribution in [1.29, 1.82) is 0 Å². The number of nitrogens with one attached hydrogen (secondary N) is 2. The third-order valence-electron chi connectivity index (χ3n) is 4.79. The summed E-state index contributed by atoms with van der Waals surface area (Å²) in [7, 11) is -5.36. The zero-order chi connectivity index (χ0) is 23.9. The molecule has 3 heterocycles. The zero-order valence-electron chi connectivity index (χ0n) is 18.3. The molecule has 2 aromatic heterocycles. The number of carbonyl (C=O) groups excluding carboxylic acids is 1. The number of nitrogens with zero attached hydrogens (tertiary/aromatic N) is 3. The summed E-state index contributed by atoms with van der Waals surface area (Å²) in [5.74, 6) is -2.06. The SMILES string of the molecule is O=C(Nc1nc2c(ncn2[C@@H]2O[C@H](COP(=O)([O-])[O-])[C@@H](O)[C@H]2O)c(=O)[nH]1)c1ccccc1F.[Na+].[Na+]. The molecule has 0 saturated carbocycles. The third kappa shape index (κ3) is 6.64. The van der Waals surface area contributed by atoms with Crippen LogP contribution in [-0.4, -0.2) is 60.6 Å². The molecule has 1 aliphatic rings. The fourth-order valence-corrected chi connectivity index (χ4v) is 3.58. The number of aromatic nitrogens is 4. The molecular weight excluding hydrogens is 514 g/mol. The first-order valence-corrected chi connectivity index (χ1v) is 10.7. The summed E-state index contributed by atoms with van der Waals surface area (Å²) in [4.78, 5) is 56.2. The van der Waals surface area contributed by atoms with Crippen molar-refractivity contribution < 1.29 is 102 Å². The number of aromatic amines is 1. The maximum Gasteiger partial charge on any atom is 1.00 e. The van der Waals surface area contributed by atoms with Crippen LogP contribution >= 0.6 is 7.82 Å². The molecule has 18 heteroatoms. The molecule has 1 saturated heterocycles. The number of anilines is 1. The van der Waals surface area contributed by atoms with Crippen molar-refractivity contribution in [2.24, 2.45) is 0 Å². The van der Waals surface area contributed by atoms with Crippen molar-refractivity contribution in [3.63, 3.8) is 0 Å². The summed E-state index contributed by atoms with van der Waals surface area (Å²) >= 11 is 0. The molecule has 35 heavy (non-hydrogen) atoms. The minimum atomic E-state index is -5.36. The molecule has 1 fully saturated rings. The summed E-state index contributed by atoms with van der Waals surface area (Å²) in [6, 6.07) is 5.13. The van der Waals surface area contributed by atoms with Crippen LogP contribution in [0.25, 0.3) is 11.2 Å². The van der Waals surface area contributed by atoms with Crippen LogP contribution in [0.15, 0.2) is 35.4 Å². The van der Waals surface area contributed by atoms with E-state index in [1.807, 2.05) is 0 Å². The normalized spacial score (nSPS) is 21.9. The molecule has 0 unspecified atom stereocenters. The summed E-state index contributed by atoms with van der Waals surface area (Å²) in [6.45, 7) is -0.858. The minimum absolute atomic E-state index is 0. The summed E-state index contributed by atoms with van der Waals surface area (Å²) < 4.78 is 35.1. The molecule has 0 spiro atoms. The molecule has 4 rings (SSSR count). The van der Waals surface area contributed by atoms with Gasteiger partial charge in [-0.1, -0.05) is 12.1 Å². The number of H-pyrrole nitrogens is 1. The van der Waals surface area contributed by atoms with E-state index in [0.717, 1.165) is 17.0 Å². The quantitative estimate of drug-likeness (QED) is 0.174. The Morgan fingerprint density at radius 3 is 2.63 bits per heavy atom. The van der Waals surface area contributed by atoms with Crippen LogP contribution in [0.2, 0.25) is 0 Å². The monoisotopic (exact) mass is 529 g/mol. The molecule has 0 aliphatic carbocycles. The van der Waals surface area contributed by atoms with Crippen LogP contribution in [-0.2, 0) is 13.8 Å². The van der Waals surface area contributed by atoms with E-state index < -0.39 is 56.3 Å². The number of phosphoric ester groups is 1. The molecule has 0 bridgehead atoms. The summed E-state index contributed by atoms with van der Waals surface area (Å²) in [5.41, 5.74) is -1.48. The Balaban J connectivity index is 0.00000216. The zero-order valence-corrected chi connectivity index (χ0v) is 23.2. The van der Waals surface area contributed by atoms with Gasteiger partial charge in [-0.25, -0.2) is 9.37 Å². The smallest absolute Gasteiger partial charge is 0.790 e. The van der Waals surface area contributed by atoms with E-state index in [9.17, 15) is 38.5 Å². The Bertz CT molecular complexity index is 1320. The van der Waals surface area contributed by atoms with E-state index in [1.165, 1.54) is 18.2 Å². The first-order valence-electron chi connectivity index (χ1n) is 9.26. The average Bonchev–Trinajstić information content (AvgIpc) is 3.28. The van der Waals surface area contributed by atoms with Gasteiger partial charge in [-0.2, -0.15) is 4.98 Å². The molecule has 0 radical (unpaired) electrons. The first-order chi connectivity index (χ1) is 15.5. The van der Waals surface area contributed by atoms with E-state index in [0.29, 0.717) is 0 Å². The second kappa shape index (κ2) is 12.0. The van der Waals surface area contributed by atoms with E-state index in [4.69, 9.17) is 4.74 Å².